The van der Waals surface area contributed by atoms with Crippen LogP contribution < -0.4 is 5.73 Å². The number of thiophene rings is 1. The first kappa shape index (κ1) is 15.0. The average Bonchev–Trinajstić information content (AvgIpc) is 3.10. The highest BCUT2D eigenvalue weighted by Gasteiger charge is 2.45. The molecule has 1 saturated carbocycles. The zero-order valence-corrected chi connectivity index (χ0v) is 13.1. The van der Waals surface area contributed by atoms with Gasteiger partial charge in [0.05, 0.1) is 12.1 Å². The van der Waals surface area contributed by atoms with Crippen molar-refractivity contribution >= 4 is 11.3 Å². The average molecular weight is 282 g/mol. The topological polar surface area (TPSA) is 38.5 Å². The molecular weight excluding hydrogens is 256 g/mol. The number of hydrogen-bond donors (Lipinski definition) is 1. The Bertz CT molecular complexity index is 376. The minimum atomic E-state index is -0.0438. The monoisotopic (exact) mass is 282 g/mol. The van der Waals surface area contributed by atoms with E-state index in [2.05, 4.69) is 35.6 Å². The van der Waals surface area contributed by atoms with E-state index in [-0.39, 0.29) is 5.54 Å². The second kappa shape index (κ2) is 6.35. The smallest absolute Gasteiger partial charge is 0.0661 e. The minimum absolute atomic E-state index is 0.0438. The highest BCUT2D eigenvalue weighted by Crippen LogP contribution is 2.38. The standard InChI is InChI=1S/C15H26N2OS/c1-12(2)15(10-16,11-18-3)17(14-4-5-14)8-13-6-7-19-9-13/h6-7,9,12,14H,4-5,8,10-11,16H2,1-3H3. The number of methoxy groups -OCH3 is 1. The molecule has 1 heterocycles. The summed E-state index contributed by atoms with van der Waals surface area (Å²) in [4.78, 5) is 2.60. The molecular formula is C15H26N2OS. The first-order valence-corrected chi connectivity index (χ1v) is 8.05. The maximum atomic E-state index is 6.17. The lowest BCUT2D eigenvalue weighted by atomic mass is 9.84. The molecule has 0 bridgehead atoms. The third kappa shape index (κ3) is 3.19. The Morgan fingerprint density at radius 2 is 2.26 bits per heavy atom. The van der Waals surface area contributed by atoms with E-state index in [1.807, 2.05) is 0 Å². The molecule has 0 saturated heterocycles. The molecule has 4 heteroatoms. The van der Waals surface area contributed by atoms with Crippen LogP contribution in [-0.4, -0.2) is 36.7 Å². The van der Waals surface area contributed by atoms with Crippen molar-refractivity contribution in [1.29, 1.82) is 0 Å². The molecule has 1 fully saturated rings. The fourth-order valence-corrected chi connectivity index (χ4v) is 3.52. The van der Waals surface area contributed by atoms with Crippen LogP contribution >= 0.6 is 11.3 Å². The lowest BCUT2D eigenvalue weighted by Gasteiger charge is -2.46. The van der Waals surface area contributed by atoms with E-state index in [0.29, 0.717) is 25.1 Å². The van der Waals surface area contributed by atoms with Crippen molar-refractivity contribution < 1.29 is 4.74 Å². The summed E-state index contributed by atoms with van der Waals surface area (Å²) in [5.41, 5.74) is 7.52. The van der Waals surface area contributed by atoms with E-state index in [1.165, 1.54) is 18.4 Å². The van der Waals surface area contributed by atoms with Gasteiger partial charge < -0.3 is 10.5 Å². The van der Waals surface area contributed by atoms with Gasteiger partial charge in [-0.2, -0.15) is 11.3 Å². The molecule has 2 N–H and O–H groups in total. The van der Waals surface area contributed by atoms with Gasteiger partial charge in [-0.3, -0.25) is 4.90 Å². The van der Waals surface area contributed by atoms with E-state index in [9.17, 15) is 0 Å². The molecule has 108 valence electrons. The number of ether oxygens (including phenoxy) is 1. The first-order valence-electron chi connectivity index (χ1n) is 7.11. The Labute approximate surface area is 120 Å². The summed E-state index contributed by atoms with van der Waals surface area (Å²) >= 11 is 1.76. The van der Waals surface area contributed by atoms with E-state index >= 15 is 0 Å². The van der Waals surface area contributed by atoms with Gasteiger partial charge in [0.15, 0.2) is 0 Å². The maximum Gasteiger partial charge on any atom is 0.0661 e. The van der Waals surface area contributed by atoms with Crippen LogP contribution in [-0.2, 0) is 11.3 Å². The summed E-state index contributed by atoms with van der Waals surface area (Å²) < 4.78 is 5.52. The Kier molecular flexibility index (Phi) is 5.01. The van der Waals surface area contributed by atoms with Crippen LogP contribution in [0, 0.1) is 5.92 Å². The van der Waals surface area contributed by atoms with Crippen molar-refractivity contribution in [2.45, 2.75) is 44.8 Å². The third-order valence-corrected chi connectivity index (χ3v) is 5.05. The van der Waals surface area contributed by atoms with Gasteiger partial charge >= 0.3 is 0 Å². The molecule has 1 aromatic rings. The normalized spacial score (nSPS) is 19.1. The molecule has 2 rings (SSSR count). The zero-order chi connectivity index (χ0) is 13.9. The lowest BCUT2D eigenvalue weighted by molar-refractivity contribution is -0.0269. The van der Waals surface area contributed by atoms with Crippen molar-refractivity contribution in [3.05, 3.63) is 22.4 Å². The van der Waals surface area contributed by atoms with Crippen LogP contribution in [0.1, 0.15) is 32.3 Å². The van der Waals surface area contributed by atoms with E-state index in [0.717, 1.165) is 6.54 Å². The summed E-state index contributed by atoms with van der Waals surface area (Å²) in [6, 6.07) is 2.90. The number of nitrogens with two attached hydrogens (primary N) is 1. The molecule has 1 aromatic heterocycles. The summed E-state index contributed by atoms with van der Waals surface area (Å²) in [7, 11) is 1.78. The van der Waals surface area contributed by atoms with Crippen LogP contribution in [0.25, 0.3) is 0 Å². The van der Waals surface area contributed by atoms with Crippen LogP contribution in [0.5, 0.6) is 0 Å². The van der Waals surface area contributed by atoms with Gasteiger partial charge in [-0.05, 0) is 41.1 Å². The molecule has 1 aliphatic carbocycles. The van der Waals surface area contributed by atoms with Gasteiger partial charge in [-0.15, -0.1) is 0 Å². The van der Waals surface area contributed by atoms with E-state index in [4.69, 9.17) is 10.5 Å². The predicted octanol–water partition coefficient (Wildman–Crippen LogP) is 2.71. The number of rotatable bonds is 8. The van der Waals surface area contributed by atoms with E-state index in [1.54, 1.807) is 18.4 Å². The molecule has 3 nitrogen and oxygen atoms in total. The van der Waals surface area contributed by atoms with Crippen LogP contribution in [0.4, 0.5) is 0 Å². The van der Waals surface area contributed by atoms with Crippen LogP contribution in [0.3, 0.4) is 0 Å². The van der Waals surface area contributed by atoms with Crippen LogP contribution in [0.15, 0.2) is 16.8 Å². The fourth-order valence-electron chi connectivity index (χ4n) is 2.86. The molecule has 0 amide bonds. The molecule has 1 aliphatic rings. The Morgan fingerprint density at radius 1 is 1.53 bits per heavy atom. The van der Waals surface area contributed by atoms with Gasteiger partial charge in [0.2, 0.25) is 0 Å². The van der Waals surface area contributed by atoms with Crippen molar-refractivity contribution in [3.63, 3.8) is 0 Å². The first-order chi connectivity index (χ1) is 9.14. The minimum Gasteiger partial charge on any atom is -0.383 e. The molecule has 0 aliphatic heterocycles. The van der Waals surface area contributed by atoms with Crippen molar-refractivity contribution in [3.8, 4) is 0 Å². The Morgan fingerprint density at radius 3 is 2.68 bits per heavy atom. The third-order valence-electron chi connectivity index (χ3n) is 4.32. The largest absolute Gasteiger partial charge is 0.383 e. The van der Waals surface area contributed by atoms with Gasteiger partial charge in [0.1, 0.15) is 0 Å². The molecule has 1 atom stereocenters. The quantitative estimate of drug-likeness (QED) is 0.797. The fraction of sp³-hybridized carbons (Fsp3) is 0.733. The molecule has 1 unspecified atom stereocenters. The lowest BCUT2D eigenvalue weighted by Crippen LogP contribution is -2.60. The van der Waals surface area contributed by atoms with Crippen molar-refractivity contribution in [1.82, 2.24) is 4.90 Å². The highest BCUT2D eigenvalue weighted by atomic mass is 32.1. The summed E-state index contributed by atoms with van der Waals surface area (Å²) in [5.74, 6) is 0.483. The molecule has 0 spiro atoms. The number of nitrogens with zero attached hydrogens (tertiary/aromatic N) is 1. The molecule has 0 radical (unpaired) electrons. The maximum absolute atomic E-state index is 6.17. The second-order valence-electron chi connectivity index (χ2n) is 5.89. The SMILES string of the molecule is COCC(CN)(C(C)C)N(Cc1ccsc1)C1CC1. The Balaban J connectivity index is 2.23. The summed E-state index contributed by atoms with van der Waals surface area (Å²) in [6.45, 7) is 6.87. The van der Waals surface area contributed by atoms with Gasteiger partial charge in [-0.1, -0.05) is 13.8 Å². The zero-order valence-electron chi connectivity index (χ0n) is 12.3. The van der Waals surface area contributed by atoms with Crippen molar-refractivity contribution in [2.24, 2.45) is 11.7 Å². The highest BCUT2D eigenvalue weighted by molar-refractivity contribution is 7.07. The summed E-state index contributed by atoms with van der Waals surface area (Å²) in [5, 5.41) is 4.39. The molecule has 19 heavy (non-hydrogen) atoms. The predicted molar refractivity (Wildman–Crippen MR) is 81.4 cm³/mol. The van der Waals surface area contributed by atoms with Crippen LogP contribution in [0.2, 0.25) is 0 Å². The van der Waals surface area contributed by atoms with Crippen molar-refractivity contribution in [2.75, 3.05) is 20.3 Å². The van der Waals surface area contributed by atoms with E-state index < -0.39 is 0 Å². The molecule has 0 aromatic carbocycles. The Hall–Kier alpha value is -0.420. The van der Waals surface area contributed by atoms with Gasteiger partial charge in [0.25, 0.3) is 0 Å². The second-order valence-corrected chi connectivity index (χ2v) is 6.67. The van der Waals surface area contributed by atoms with Gasteiger partial charge in [0, 0.05) is 26.2 Å². The van der Waals surface area contributed by atoms with Gasteiger partial charge in [-0.25, -0.2) is 0 Å². The number of hydrogen-bond acceptors (Lipinski definition) is 4. The summed E-state index contributed by atoms with van der Waals surface area (Å²) in [6.07, 6.45) is 2.59.